The second kappa shape index (κ2) is 4.50. The zero-order chi connectivity index (χ0) is 14.5. The Morgan fingerprint density at radius 1 is 1.10 bits per heavy atom. The molecule has 3 rings (SSSR count). The third-order valence-electron chi connectivity index (χ3n) is 4.90. The molecular weight excluding hydrogens is 251 g/mol. The lowest BCUT2D eigenvalue weighted by Gasteiger charge is -2.32. The number of hydrogen-bond donors (Lipinski definition) is 0. The quantitative estimate of drug-likeness (QED) is 0.737. The molecule has 0 N–H and O–H groups in total. The van der Waals surface area contributed by atoms with E-state index in [1.807, 2.05) is 6.07 Å². The van der Waals surface area contributed by atoms with Crippen LogP contribution in [0.5, 0.6) is 5.75 Å². The molecule has 2 aliphatic heterocycles. The molecule has 1 saturated heterocycles. The molecule has 0 aliphatic carbocycles. The van der Waals surface area contributed by atoms with Crippen LogP contribution < -0.4 is 10.2 Å². The molecule has 20 heavy (non-hydrogen) atoms. The van der Waals surface area contributed by atoms with Gasteiger partial charge >= 0.3 is 7.12 Å². The largest absolute Gasteiger partial charge is 0.494 e. The SMILES string of the molecule is CC1CCOc2ccc(B3OC(C)(C)C(C)(C)O3)cc21. The zero-order valence-corrected chi connectivity index (χ0v) is 13.0. The van der Waals surface area contributed by atoms with Crippen LogP contribution in [0.3, 0.4) is 0 Å². The van der Waals surface area contributed by atoms with Gasteiger partial charge in [-0.25, -0.2) is 0 Å². The molecule has 2 aliphatic rings. The fourth-order valence-corrected chi connectivity index (χ4v) is 2.71. The van der Waals surface area contributed by atoms with Crippen LogP contribution in [0.1, 0.15) is 52.5 Å². The van der Waals surface area contributed by atoms with Crippen LogP contribution >= 0.6 is 0 Å². The van der Waals surface area contributed by atoms with Gasteiger partial charge in [0.1, 0.15) is 5.75 Å². The molecular formula is C16H23BO3. The minimum Gasteiger partial charge on any atom is -0.493 e. The molecule has 4 heteroatoms. The van der Waals surface area contributed by atoms with Crippen LogP contribution in [0.25, 0.3) is 0 Å². The topological polar surface area (TPSA) is 27.7 Å². The maximum Gasteiger partial charge on any atom is 0.494 e. The summed E-state index contributed by atoms with van der Waals surface area (Å²) in [5, 5.41) is 0. The number of hydrogen-bond acceptors (Lipinski definition) is 3. The Morgan fingerprint density at radius 2 is 1.75 bits per heavy atom. The molecule has 0 spiro atoms. The Kier molecular flexibility index (Phi) is 3.14. The summed E-state index contributed by atoms with van der Waals surface area (Å²) in [5.41, 5.74) is 1.76. The van der Waals surface area contributed by atoms with Gasteiger partial charge in [-0.2, -0.15) is 0 Å². The van der Waals surface area contributed by atoms with Crippen molar-refractivity contribution in [3.05, 3.63) is 23.8 Å². The molecule has 0 amide bonds. The first kappa shape index (κ1) is 14.0. The lowest BCUT2D eigenvalue weighted by Crippen LogP contribution is -2.41. The summed E-state index contributed by atoms with van der Waals surface area (Å²) < 4.78 is 17.9. The highest BCUT2D eigenvalue weighted by Gasteiger charge is 2.51. The number of fused-ring (bicyclic) bond motifs is 1. The van der Waals surface area contributed by atoms with E-state index in [2.05, 4.69) is 46.8 Å². The molecule has 1 aromatic rings. The maximum atomic E-state index is 6.11. The third kappa shape index (κ3) is 2.15. The van der Waals surface area contributed by atoms with Crippen molar-refractivity contribution in [3.63, 3.8) is 0 Å². The summed E-state index contributed by atoms with van der Waals surface area (Å²) in [6, 6.07) is 6.28. The van der Waals surface area contributed by atoms with Crippen molar-refractivity contribution in [2.75, 3.05) is 6.61 Å². The second-order valence-corrected chi connectivity index (χ2v) is 6.92. The van der Waals surface area contributed by atoms with Crippen molar-refractivity contribution in [1.82, 2.24) is 0 Å². The van der Waals surface area contributed by atoms with E-state index in [1.165, 1.54) is 5.56 Å². The van der Waals surface area contributed by atoms with Crippen LogP contribution in [-0.2, 0) is 9.31 Å². The van der Waals surface area contributed by atoms with Crippen LogP contribution in [-0.4, -0.2) is 24.9 Å². The number of rotatable bonds is 1. The first-order chi connectivity index (χ1) is 9.30. The van der Waals surface area contributed by atoms with Crippen molar-refractivity contribution in [2.45, 2.75) is 58.2 Å². The highest BCUT2D eigenvalue weighted by molar-refractivity contribution is 6.62. The number of benzene rings is 1. The van der Waals surface area contributed by atoms with Gasteiger partial charge in [-0.05, 0) is 57.1 Å². The summed E-state index contributed by atoms with van der Waals surface area (Å²) in [6.45, 7) is 11.4. The monoisotopic (exact) mass is 274 g/mol. The molecule has 1 unspecified atom stereocenters. The summed E-state index contributed by atoms with van der Waals surface area (Å²) in [6.07, 6.45) is 1.07. The molecule has 0 aromatic heterocycles. The van der Waals surface area contributed by atoms with E-state index in [-0.39, 0.29) is 18.3 Å². The standard InChI is InChI=1S/C16H23BO3/c1-11-8-9-18-14-7-6-12(10-13(11)14)17-19-15(2,3)16(4,5)20-17/h6-7,10-11H,8-9H2,1-5H3. The average molecular weight is 274 g/mol. The normalized spacial score (nSPS) is 27.1. The van der Waals surface area contributed by atoms with Gasteiger partial charge in [-0.3, -0.25) is 0 Å². The zero-order valence-electron chi connectivity index (χ0n) is 13.0. The van der Waals surface area contributed by atoms with Gasteiger partial charge in [-0.1, -0.05) is 19.1 Å². The van der Waals surface area contributed by atoms with E-state index in [9.17, 15) is 0 Å². The van der Waals surface area contributed by atoms with Gasteiger partial charge < -0.3 is 14.0 Å². The Hall–Kier alpha value is -0.995. The van der Waals surface area contributed by atoms with Crippen molar-refractivity contribution in [1.29, 1.82) is 0 Å². The first-order valence-electron chi connectivity index (χ1n) is 7.42. The lowest BCUT2D eigenvalue weighted by molar-refractivity contribution is 0.00578. The molecule has 0 bridgehead atoms. The van der Waals surface area contributed by atoms with E-state index in [0.29, 0.717) is 5.92 Å². The van der Waals surface area contributed by atoms with Crippen molar-refractivity contribution < 1.29 is 14.0 Å². The van der Waals surface area contributed by atoms with E-state index in [0.717, 1.165) is 24.2 Å². The highest BCUT2D eigenvalue weighted by Crippen LogP contribution is 2.37. The van der Waals surface area contributed by atoms with Crippen molar-refractivity contribution >= 4 is 12.6 Å². The van der Waals surface area contributed by atoms with Crippen LogP contribution in [0, 0.1) is 0 Å². The Labute approximate surface area is 121 Å². The Morgan fingerprint density at radius 3 is 2.40 bits per heavy atom. The van der Waals surface area contributed by atoms with Gasteiger partial charge in [0.25, 0.3) is 0 Å². The lowest BCUT2D eigenvalue weighted by atomic mass is 9.77. The Balaban J connectivity index is 1.91. The molecule has 0 radical (unpaired) electrons. The predicted octanol–water partition coefficient (Wildman–Crippen LogP) is 2.87. The molecule has 1 atom stereocenters. The summed E-state index contributed by atoms with van der Waals surface area (Å²) in [4.78, 5) is 0. The maximum absolute atomic E-state index is 6.11. The molecule has 1 fully saturated rings. The van der Waals surface area contributed by atoms with E-state index in [1.54, 1.807) is 0 Å². The van der Waals surface area contributed by atoms with Gasteiger partial charge in [0, 0.05) is 0 Å². The first-order valence-corrected chi connectivity index (χ1v) is 7.42. The highest BCUT2D eigenvalue weighted by atomic mass is 16.7. The molecule has 2 heterocycles. The van der Waals surface area contributed by atoms with E-state index < -0.39 is 0 Å². The van der Waals surface area contributed by atoms with Crippen molar-refractivity contribution in [2.24, 2.45) is 0 Å². The van der Waals surface area contributed by atoms with Crippen LogP contribution in [0.15, 0.2) is 18.2 Å². The van der Waals surface area contributed by atoms with Crippen LogP contribution in [0.4, 0.5) is 0 Å². The Bertz CT molecular complexity index is 508. The summed E-state index contributed by atoms with van der Waals surface area (Å²) in [5.74, 6) is 1.53. The third-order valence-corrected chi connectivity index (χ3v) is 4.90. The molecule has 1 aromatic carbocycles. The molecule has 108 valence electrons. The molecule has 0 saturated carbocycles. The van der Waals surface area contributed by atoms with E-state index >= 15 is 0 Å². The summed E-state index contributed by atoms with van der Waals surface area (Å²) >= 11 is 0. The predicted molar refractivity (Wildman–Crippen MR) is 80.7 cm³/mol. The second-order valence-electron chi connectivity index (χ2n) is 6.92. The summed E-state index contributed by atoms with van der Waals surface area (Å²) in [7, 11) is -0.292. The van der Waals surface area contributed by atoms with Gasteiger partial charge in [-0.15, -0.1) is 0 Å². The smallest absolute Gasteiger partial charge is 0.493 e. The minimum atomic E-state index is -0.296. The van der Waals surface area contributed by atoms with Gasteiger partial charge in [0.05, 0.1) is 17.8 Å². The van der Waals surface area contributed by atoms with Gasteiger partial charge in [0.15, 0.2) is 0 Å². The fraction of sp³-hybridized carbons (Fsp3) is 0.625. The molecule has 3 nitrogen and oxygen atoms in total. The minimum absolute atomic E-state index is 0.292. The van der Waals surface area contributed by atoms with Gasteiger partial charge in [0.2, 0.25) is 0 Å². The van der Waals surface area contributed by atoms with E-state index in [4.69, 9.17) is 14.0 Å². The van der Waals surface area contributed by atoms with Crippen LogP contribution in [0.2, 0.25) is 0 Å². The average Bonchev–Trinajstić information content (AvgIpc) is 2.59. The van der Waals surface area contributed by atoms with Crippen molar-refractivity contribution in [3.8, 4) is 5.75 Å². The number of ether oxygens (including phenoxy) is 1. The fourth-order valence-electron chi connectivity index (χ4n) is 2.71.